The Hall–Kier alpha value is -1.76. The number of hydrogen-bond acceptors (Lipinski definition) is 3. The number of nitrogens with one attached hydrogen (secondary N) is 2. The number of hydrogen-bond donors (Lipinski definition) is 2. The molecule has 1 aromatic carbocycles. The van der Waals surface area contributed by atoms with Gasteiger partial charge >= 0.3 is 6.18 Å². The largest absolute Gasteiger partial charge is 0.484 e. The van der Waals surface area contributed by atoms with E-state index >= 15 is 0 Å². The molecule has 0 bridgehead atoms. The molecule has 122 valence electrons. The zero-order valence-corrected chi connectivity index (χ0v) is 12.1. The summed E-state index contributed by atoms with van der Waals surface area (Å²) in [6, 6.07) is 6.06. The molecule has 0 unspecified atom stereocenters. The minimum absolute atomic E-state index is 0.0444. The molecular weight excluding hydrogens is 297 g/mol. The van der Waals surface area contributed by atoms with Gasteiger partial charge in [-0.2, -0.15) is 13.2 Å². The third-order valence-electron chi connectivity index (χ3n) is 3.42. The third-order valence-corrected chi connectivity index (χ3v) is 3.42. The van der Waals surface area contributed by atoms with E-state index in [4.69, 9.17) is 0 Å². The average Bonchev–Trinajstić information content (AvgIpc) is 2.52. The topological polar surface area (TPSA) is 50.4 Å². The molecule has 2 N–H and O–H groups in total. The number of piperidine rings is 1. The van der Waals surface area contributed by atoms with Gasteiger partial charge in [-0.25, -0.2) is 0 Å². The summed E-state index contributed by atoms with van der Waals surface area (Å²) in [5.74, 6) is 0.110. The van der Waals surface area contributed by atoms with Crippen molar-refractivity contribution in [1.29, 1.82) is 0 Å². The maximum atomic E-state index is 12.0. The van der Waals surface area contributed by atoms with Crippen LogP contribution in [0.4, 0.5) is 13.2 Å². The number of rotatable bonds is 5. The van der Waals surface area contributed by atoms with Crippen molar-refractivity contribution in [1.82, 2.24) is 10.6 Å². The quantitative estimate of drug-likeness (QED) is 0.877. The number of alkyl halides is 3. The van der Waals surface area contributed by atoms with Gasteiger partial charge in [0, 0.05) is 6.54 Å². The second-order valence-corrected chi connectivity index (χ2v) is 5.27. The van der Waals surface area contributed by atoms with Gasteiger partial charge in [0.1, 0.15) is 5.75 Å². The van der Waals surface area contributed by atoms with Crippen LogP contribution in [0.3, 0.4) is 0 Å². The Morgan fingerprint density at radius 3 is 2.59 bits per heavy atom. The summed E-state index contributed by atoms with van der Waals surface area (Å²) in [6.45, 7) is -0.115. The first-order chi connectivity index (χ1) is 10.4. The van der Waals surface area contributed by atoms with Crippen molar-refractivity contribution >= 4 is 5.91 Å². The Bertz CT molecular complexity index is 483. The molecule has 1 saturated heterocycles. The molecular formula is C15H19F3N2O2. The van der Waals surface area contributed by atoms with Crippen molar-refractivity contribution in [2.75, 3.05) is 13.2 Å². The molecule has 0 aromatic heterocycles. The van der Waals surface area contributed by atoms with Crippen molar-refractivity contribution in [3.8, 4) is 5.75 Å². The summed E-state index contributed by atoms with van der Waals surface area (Å²) in [5.41, 5.74) is 0.809. The maximum Gasteiger partial charge on any atom is 0.422 e. The number of benzene rings is 1. The summed E-state index contributed by atoms with van der Waals surface area (Å²) in [4.78, 5) is 11.9. The first-order valence-corrected chi connectivity index (χ1v) is 7.24. The maximum absolute atomic E-state index is 12.0. The van der Waals surface area contributed by atoms with Gasteiger partial charge in [-0.05, 0) is 37.1 Å². The van der Waals surface area contributed by atoms with Crippen molar-refractivity contribution in [3.63, 3.8) is 0 Å². The van der Waals surface area contributed by atoms with Gasteiger partial charge in [0.2, 0.25) is 5.91 Å². The highest BCUT2D eigenvalue weighted by Gasteiger charge is 2.28. The fraction of sp³-hybridized carbons (Fsp3) is 0.533. The number of amides is 1. The molecule has 7 heteroatoms. The van der Waals surface area contributed by atoms with E-state index < -0.39 is 12.8 Å². The summed E-state index contributed by atoms with van der Waals surface area (Å²) >= 11 is 0. The average molecular weight is 316 g/mol. The number of carbonyl (C=O) groups is 1. The second kappa shape index (κ2) is 7.49. The van der Waals surface area contributed by atoms with Gasteiger partial charge in [0.15, 0.2) is 6.61 Å². The van der Waals surface area contributed by atoms with Crippen LogP contribution in [0.2, 0.25) is 0 Å². The normalized spacial score (nSPS) is 18.8. The fourth-order valence-corrected chi connectivity index (χ4v) is 2.26. The smallest absolute Gasteiger partial charge is 0.422 e. The van der Waals surface area contributed by atoms with E-state index in [-0.39, 0.29) is 17.7 Å². The van der Waals surface area contributed by atoms with E-state index in [9.17, 15) is 18.0 Å². The Labute approximate surface area is 127 Å². The van der Waals surface area contributed by atoms with Gasteiger partial charge in [-0.3, -0.25) is 4.79 Å². The summed E-state index contributed by atoms with van der Waals surface area (Å²) in [7, 11) is 0. The van der Waals surface area contributed by atoms with Crippen LogP contribution in [-0.4, -0.2) is 31.3 Å². The highest BCUT2D eigenvalue weighted by molar-refractivity contribution is 5.81. The Morgan fingerprint density at radius 2 is 2.00 bits per heavy atom. The molecule has 1 aromatic rings. The minimum Gasteiger partial charge on any atom is -0.484 e. The van der Waals surface area contributed by atoms with E-state index in [1.165, 1.54) is 12.1 Å². The zero-order valence-electron chi connectivity index (χ0n) is 12.1. The monoisotopic (exact) mass is 316 g/mol. The van der Waals surface area contributed by atoms with Gasteiger partial charge in [0.25, 0.3) is 0 Å². The molecule has 1 atom stereocenters. The molecule has 4 nitrogen and oxygen atoms in total. The SMILES string of the molecule is O=C(NCc1ccc(OCC(F)(F)F)cc1)[C@H]1CCCCN1. The molecule has 1 aliphatic rings. The van der Waals surface area contributed by atoms with Gasteiger partial charge in [-0.1, -0.05) is 18.6 Å². The number of ether oxygens (including phenoxy) is 1. The van der Waals surface area contributed by atoms with Crippen LogP contribution in [-0.2, 0) is 11.3 Å². The Morgan fingerprint density at radius 1 is 1.27 bits per heavy atom. The van der Waals surface area contributed by atoms with Crippen LogP contribution in [0, 0.1) is 0 Å². The number of carbonyl (C=O) groups excluding carboxylic acids is 1. The fourth-order valence-electron chi connectivity index (χ4n) is 2.26. The van der Waals surface area contributed by atoms with E-state index in [1.54, 1.807) is 12.1 Å². The van der Waals surface area contributed by atoms with Crippen LogP contribution in [0.5, 0.6) is 5.75 Å². The van der Waals surface area contributed by atoms with E-state index in [0.29, 0.717) is 6.54 Å². The lowest BCUT2D eigenvalue weighted by Crippen LogP contribution is -2.46. The molecule has 0 saturated carbocycles. The highest BCUT2D eigenvalue weighted by atomic mass is 19.4. The lowest BCUT2D eigenvalue weighted by Gasteiger charge is -2.22. The molecule has 1 heterocycles. The lowest BCUT2D eigenvalue weighted by atomic mass is 10.0. The van der Waals surface area contributed by atoms with E-state index in [1.807, 2.05) is 0 Å². The minimum atomic E-state index is -4.35. The van der Waals surface area contributed by atoms with Crippen molar-refractivity contribution in [2.45, 2.75) is 38.0 Å². The molecule has 1 fully saturated rings. The predicted octanol–water partition coefficient (Wildman–Crippen LogP) is 2.39. The van der Waals surface area contributed by atoms with Crippen LogP contribution >= 0.6 is 0 Å². The van der Waals surface area contributed by atoms with E-state index in [2.05, 4.69) is 15.4 Å². The highest BCUT2D eigenvalue weighted by Crippen LogP contribution is 2.18. The van der Waals surface area contributed by atoms with Crippen LogP contribution in [0.25, 0.3) is 0 Å². The standard InChI is InChI=1S/C15H19F3N2O2/c16-15(17,18)10-22-12-6-4-11(5-7-12)9-20-14(21)13-3-1-2-8-19-13/h4-7,13,19H,1-3,8-10H2,(H,20,21)/t13-/m1/s1. The van der Waals surface area contributed by atoms with E-state index in [0.717, 1.165) is 31.4 Å². The van der Waals surface area contributed by atoms with Gasteiger partial charge < -0.3 is 15.4 Å². The van der Waals surface area contributed by atoms with Crippen molar-refractivity contribution in [2.24, 2.45) is 0 Å². The Balaban J connectivity index is 1.77. The molecule has 1 aliphatic heterocycles. The first kappa shape index (κ1) is 16.6. The van der Waals surface area contributed by atoms with Crippen LogP contribution < -0.4 is 15.4 Å². The summed E-state index contributed by atoms with van der Waals surface area (Å²) < 4.78 is 40.7. The van der Waals surface area contributed by atoms with Crippen LogP contribution in [0.1, 0.15) is 24.8 Å². The summed E-state index contributed by atoms with van der Waals surface area (Å²) in [6.07, 6.45) is -1.39. The van der Waals surface area contributed by atoms with Crippen molar-refractivity contribution < 1.29 is 22.7 Å². The second-order valence-electron chi connectivity index (χ2n) is 5.27. The zero-order chi connectivity index (χ0) is 16.0. The van der Waals surface area contributed by atoms with Gasteiger partial charge in [0.05, 0.1) is 6.04 Å². The molecule has 1 amide bonds. The lowest BCUT2D eigenvalue weighted by molar-refractivity contribution is -0.153. The molecule has 0 spiro atoms. The Kier molecular flexibility index (Phi) is 5.65. The molecule has 0 aliphatic carbocycles. The molecule has 0 radical (unpaired) electrons. The molecule has 2 rings (SSSR count). The predicted molar refractivity (Wildman–Crippen MR) is 75.5 cm³/mol. The molecule has 22 heavy (non-hydrogen) atoms. The van der Waals surface area contributed by atoms with Gasteiger partial charge in [-0.15, -0.1) is 0 Å². The third kappa shape index (κ3) is 5.55. The first-order valence-electron chi connectivity index (χ1n) is 7.24. The van der Waals surface area contributed by atoms with Crippen LogP contribution in [0.15, 0.2) is 24.3 Å². The number of halogens is 3. The summed E-state index contributed by atoms with van der Waals surface area (Å²) in [5, 5.41) is 5.98. The van der Waals surface area contributed by atoms with Crippen molar-refractivity contribution in [3.05, 3.63) is 29.8 Å².